The predicted molar refractivity (Wildman–Crippen MR) is 108 cm³/mol. The van der Waals surface area contributed by atoms with Gasteiger partial charge in [0.25, 0.3) is 5.91 Å². The summed E-state index contributed by atoms with van der Waals surface area (Å²) in [6.45, 7) is 3.13. The van der Waals surface area contributed by atoms with E-state index in [0.29, 0.717) is 34.4 Å². The summed E-state index contributed by atoms with van der Waals surface area (Å²) in [6, 6.07) is 5.64. The van der Waals surface area contributed by atoms with Crippen LogP contribution in [-0.4, -0.2) is 35.1 Å². The van der Waals surface area contributed by atoms with Gasteiger partial charge < -0.3 is 14.6 Å². The third-order valence-corrected chi connectivity index (χ3v) is 5.44. The van der Waals surface area contributed by atoms with Crippen LogP contribution >= 0.6 is 23.2 Å². The number of benzene rings is 1. The second kappa shape index (κ2) is 7.50. The maximum atomic E-state index is 13.4. The Hall–Kier alpha value is -2.08. The number of fused-ring (bicyclic) bond motifs is 1. The van der Waals surface area contributed by atoms with E-state index in [2.05, 4.69) is 9.97 Å². The van der Waals surface area contributed by atoms with Gasteiger partial charge in [-0.15, -0.1) is 0 Å². The first-order valence-electron chi connectivity index (χ1n) is 8.85. The molecular formula is C20H19Cl2N3O2. The molecule has 3 heterocycles. The highest BCUT2D eigenvalue weighted by atomic mass is 35.5. The minimum Gasteiger partial charge on any atom is -0.376 e. The lowest BCUT2D eigenvalue weighted by Crippen LogP contribution is -2.38. The SMILES string of the molecule is Cc1c[nH]c2cc(C(=O)N(CC3CCCO3)c3c(Cl)cncc3Cl)ccc12. The number of aromatic nitrogens is 2. The second-order valence-corrected chi connectivity index (χ2v) is 7.55. The van der Waals surface area contributed by atoms with Gasteiger partial charge in [-0.2, -0.15) is 0 Å². The summed E-state index contributed by atoms with van der Waals surface area (Å²) < 4.78 is 5.74. The van der Waals surface area contributed by atoms with Crippen molar-refractivity contribution in [3.8, 4) is 0 Å². The quantitative estimate of drug-likeness (QED) is 0.666. The number of pyridine rings is 1. The van der Waals surface area contributed by atoms with Crippen molar-refractivity contribution in [2.24, 2.45) is 0 Å². The molecule has 0 saturated carbocycles. The van der Waals surface area contributed by atoms with Crippen molar-refractivity contribution in [3.05, 3.63) is 58.0 Å². The zero-order valence-electron chi connectivity index (χ0n) is 14.8. The molecule has 1 amide bonds. The highest BCUT2D eigenvalue weighted by Crippen LogP contribution is 2.35. The Morgan fingerprint density at radius 3 is 2.81 bits per heavy atom. The Morgan fingerprint density at radius 2 is 2.11 bits per heavy atom. The lowest BCUT2D eigenvalue weighted by molar-refractivity contribution is 0.0917. The first-order chi connectivity index (χ1) is 13.0. The summed E-state index contributed by atoms with van der Waals surface area (Å²) in [5, 5.41) is 1.77. The summed E-state index contributed by atoms with van der Waals surface area (Å²) in [5.41, 5.74) is 3.09. The van der Waals surface area contributed by atoms with E-state index in [1.54, 1.807) is 4.90 Å². The summed E-state index contributed by atoms with van der Waals surface area (Å²) in [7, 11) is 0. The van der Waals surface area contributed by atoms with Crippen LogP contribution in [0.3, 0.4) is 0 Å². The number of carbonyl (C=O) groups excluding carboxylic acids is 1. The van der Waals surface area contributed by atoms with Crippen molar-refractivity contribution >= 4 is 45.7 Å². The maximum Gasteiger partial charge on any atom is 0.258 e. The van der Waals surface area contributed by atoms with E-state index in [-0.39, 0.29) is 12.0 Å². The first-order valence-corrected chi connectivity index (χ1v) is 9.60. The molecule has 1 N–H and O–H groups in total. The molecule has 4 rings (SSSR count). The zero-order valence-corrected chi connectivity index (χ0v) is 16.3. The lowest BCUT2D eigenvalue weighted by Gasteiger charge is -2.27. The molecule has 27 heavy (non-hydrogen) atoms. The Kier molecular flexibility index (Phi) is 5.08. The van der Waals surface area contributed by atoms with Crippen molar-refractivity contribution in [3.63, 3.8) is 0 Å². The number of rotatable bonds is 4. The molecule has 1 aliphatic rings. The highest BCUT2D eigenvalue weighted by Gasteiger charge is 2.28. The summed E-state index contributed by atoms with van der Waals surface area (Å²) in [6.07, 6.45) is 6.77. The van der Waals surface area contributed by atoms with Crippen LogP contribution in [-0.2, 0) is 4.74 Å². The van der Waals surface area contributed by atoms with Crippen molar-refractivity contribution in [2.45, 2.75) is 25.9 Å². The lowest BCUT2D eigenvalue weighted by atomic mass is 10.1. The number of amides is 1. The van der Waals surface area contributed by atoms with Crippen molar-refractivity contribution in [1.29, 1.82) is 0 Å². The van der Waals surface area contributed by atoms with Crippen LogP contribution in [0.4, 0.5) is 5.69 Å². The van der Waals surface area contributed by atoms with Gasteiger partial charge in [-0.25, -0.2) is 0 Å². The van der Waals surface area contributed by atoms with Crippen molar-refractivity contribution in [1.82, 2.24) is 9.97 Å². The number of anilines is 1. The van der Waals surface area contributed by atoms with Gasteiger partial charge >= 0.3 is 0 Å². The van der Waals surface area contributed by atoms with Gasteiger partial charge in [0.1, 0.15) is 0 Å². The van der Waals surface area contributed by atoms with Gasteiger partial charge in [0.15, 0.2) is 0 Å². The van der Waals surface area contributed by atoms with Gasteiger partial charge in [0, 0.05) is 41.7 Å². The smallest absolute Gasteiger partial charge is 0.258 e. The summed E-state index contributed by atoms with van der Waals surface area (Å²) >= 11 is 12.7. The molecule has 0 spiro atoms. The largest absolute Gasteiger partial charge is 0.376 e. The number of H-pyrrole nitrogens is 1. The van der Waals surface area contributed by atoms with Gasteiger partial charge in [0.05, 0.1) is 28.4 Å². The first kappa shape index (κ1) is 18.3. The minimum atomic E-state index is -0.172. The number of halogens is 2. The van der Waals surface area contributed by atoms with Crippen LogP contribution in [0.25, 0.3) is 10.9 Å². The van der Waals surface area contributed by atoms with Gasteiger partial charge in [-0.1, -0.05) is 29.3 Å². The number of hydrogen-bond donors (Lipinski definition) is 1. The number of aryl methyl sites for hydroxylation is 1. The van der Waals surface area contributed by atoms with Crippen LogP contribution < -0.4 is 4.90 Å². The van der Waals surface area contributed by atoms with Crippen LogP contribution in [0.2, 0.25) is 10.0 Å². The number of ether oxygens (including phenoxy) is 1. The van der Waals surface area contributed by atoms with Gasteiger partial charge in [-0.3, -0.25) is 9.78 Å². The third-order valence-electron chi connectivity index (χ3n) is 4.89. The van der Waals surface area contributed by atoms with Crippen LogP contribution in [0.1, 0.15) is 28.8 Å². The van der Waals surface area contributed by atoms with E-state index in [0.717, 1.165) is 29.3 Å². The molecular weight excluding hydrogens is 385 g/mol. The average Bonchev–Trinajstić information content (AvgIpc) is 3.30. The van der Waals surface area contributed by atoms with Crippen molar-refractivity contribution in [2.75, 3.05) is 18.1 Å². The Morgan fingerprint density at radius 1 is 1.33 bits per heavy atom. The number of nitrogens with zero attached hydrogens (tertiary/aromatic N) is 2. The van der Waals surface area contributed by atoms with E-state index in [1.165, 1.54) is 12.4 Å². The predicted octanol–water partition coefficient (Wildman–Crippen LogP) is 5.00. The number of hydrogen-bond acceptors (Lipinski definition) is 3. The van der Waals surface area contributed by atoms with E-state index in [1.807, 2.05) is 31.3 Å². The Bertz CT molecular complexity index is 976. The zero-order chi connectivity index (χ0) is 19.0. The molecule has 0 aliphatic carbocycles. The van der Waals surface area contributed by atoms with Crippen LogP contribution in [0, 0.1) is 6.92 Å². The molecule has 1 aliphatic heterocycles. The number of nitrogens with one attached hydrogen (secondary N) is 1. The molecule has 1 aromatic carbocycles. The molecule has 140 valence electrons. The van der Waals surface area contributed by atoms with Crippen molar-refractivity contribution < 1.29 is 9.53 Å². The summed E-state index contributed by atoms with van der Waals surface area (Å²) in [5.74, 6) is -0.172. The van der Waals surface area contributed by atoms with E-state index in [9.17, 15) is 4.79 Å². The molecule has 3 aromatic rings. The highest BCUT2D eigenvalue weighted by molar-refractivity contribution is 6.40. The molecule has 0 radical (unpaired) electrons. The van der Waals surface area contributed by atoms with E-state index < -0.39 is 0 Å². The normalized spacial score (nSPS) is 16.8. The standard InChI is InChI=1S/C20H19Cl2N3O2/c1-12-8-24-18-7-13(4-5-15(12)18)20(26)25(11-14-3-2-6-27-14)19-16(21)9-23-10-17(19)22/h4-5,7-10,14,24H,2-3,6,11H2,1H3. The fraction of sp³-hybridized carbons (Fsp3) is 0.300. The third kappa shape index (κ3) is 3.55. The molecule has 7 heteroatoms. The summed E-state index contributed by atoms with van der Waals surface area (Å²) in [4.78, 5) is 22.2. The monoisotopic (exact) mass is 403 g/mol. The molecule has 2 aromatic heterocycles. The topological polar surface area (TPSA) is 58.2 Å². The van der Waals surface area contributed by atoms with E-state index >= 15 is 0 Å². The number of aromatic amines is 1. The molecule has 0 bridgehead atoms. The maximum absolute atomic E-state index is 13.4. The van der Waals surface area contributed by atoms with Gasteiger partial charge in [0.2, 0.25) is 0 Å². The molecule has 5 nitrogen and oxygen atoms in total. The van der Waals surface area contributed by atoms with Gasteiger partial charge in [-0.05, 0) is 37.5 Å². The minimum absolute atomic E-state index is 0.0364. The molecule has 1 unspecified atom stereocenters. The second-order valence-electron chi connectivity index (χ2n) is 6.73. The van der Waals surface area contributed by atoms with Crippen LogP contribution in [0.5, 0.6) is 0 Å². The van der Waals surface area contributed by atoms with Crippen LogP contribution in [0.15, 0.2) is 36.8 Å². The molecule has 1 atom stereocenters. The molecule has 1 fully saturated rings. The fourth-order valence-corrected chi connectivity index (χ4v) is 4.06. The Balaban J connectivity index is 1.75. The molecule has 1 saturated heterocycles. The Labute approximate surface area is 167 Å². The van der Waals surface area contributed by atoms with E-state index in [4.69, 9.17) is 27.9 Å². The number of carbonyl (C=O) groups is 1. The fourth-order valence-electron chi connectivity index (χ4n) is 3.49. The average molecular weight is 404 g/mol.